The van der Waals surface area contributed by atoms with Crippen LogP contribution in [0, 0.1) is 0 Å². The average molecular weight is 295 g/mol. The van der Waals surface area contributed by atoms with Crippen LogP contribution in [0.4, 0.5) is 0 Å². The molecule has 0 spiro atoms. The van der Waals surface area contributed by atoms with Gasteiger partial charge in [0, 0.05) is 13.1 Å². The van der Waals surface area contributed by atoms with Crippen molar-refractivity contribution in [1.29, 1.82) is 0 Å². The molecule has 0 amide bonds. The molecule has 116 valence electrons. The molecule has 0 saturated carbocycles. The predicted molar refractivity (Wildman–Crippen MR) is 77.6 cm³/mol. The van der Waals surface area contributed by atoms with Crippen molar-refractivity contribution in [3.8, 4) is 5.75 Å². The first-order valence-electron chi connectivity index (χ1n) is 6.77. The van der Waals surface area contributed by atoms with Crippen molar-refractivity contribution in [3.05, 3.63) is 29.3 Å². The lowest BCUT2D eigenvalue weighted by Crippen LogP contribution is -2.46. The van der Waals surface area contributed by atoms with E-state index < -0.39 is 0 Å². The maximum atomic E-state index is 9.39. The smallest absolute Gasteiger partial charge is 0.173 e. The third-order valence-corrected chi connectivity index (χ3v) is 3.59. The molecule has 2 rings (SSSR count). The van der Waals surface area contributed by atoms with Gasteiger partial charge >= 0.3 is 0 Å². The first kappa shape index (κ1) is 15.6. The minimum Gasteiger partial charge on any atom is -0.496 e. The van der Waals surface area contributed by atoms with E-state index in [1.807, 2.05) is 12.1 Å². The normalized spacial score (nSPS) is 20.5. The van der Waals surface area contributed by atoms with Gasteiger partial charge in [0.15, 0.2) is 5.84 Å². The maximum Gasteiger partial charge on any atom is 0.173 e. The molecule has 4 N–H and O–H groups in total. The van der Waals surface area contributed by atoms with Crippen LogP contribution in [-0.4, -0.2) is 60.6 Å². The summed E-state index contributed by atoms with van der Waals surface area (Å²) < 4.78 is 10.6. The fraction of sp³-hybridized carbons (Fsp3) is 0.500. The lowest BCUT2D eigenvalue weighted by Gasteiger charge is -2.34. The predicted octanol–water partition coefficient (Wildman–Crippen LogP) is -0.0172. The molecule has 0 aliphatic carbocycles. The van der Waals surface area contributed by atoms with Gasteiger partial charge in [0.25, 0.3) is 0 Å². The molecule has 1 aromatic rings. The molecular weight excluding hydrogens is 274 g/mol. The Morgan fingerprint density at radius 2 is 2.38 bits per heavy atom. The number of nitrogens with zero attached hydrogens (tertiary/aromatic N) is 2. The lowest BCUT2D eigenvalue weighted by atomic mass is 10.1. The number of oxime groups is 1. The standard InChI is InChI=1S/C14H21N3O4/c1-20-13-3-2-10(6-12(13)14(15)16-19)7-17-4-5-21-9-11(17)8-18/h2-3,6,11,18-19H,4-5,7-9H2,1H3,(H2,15,16). The first-order chi connectivity index (χ1) is 10.2. The Bertz CT molecular complexity index is 507. The largest absolute Gasteiger partial charge is 0.496 e. The molecular formula is C14H21N3O4. The number of benzene rings is 1. The molecule has 21 heavy (non-hydrogen) atoms. The van der Waals surface area contributed by atoms with E-state index in [4.69, 9.17) is 20.4 Å². The molecule has 1 heterocycles. The number of hydrogen-bond donors (Lipinski definition) is 3. The number of nitrogens with two attached hydrogens (primary N) is 1. The van der Waals surface area contributed by atoms with Gasteiger partial charge < -0.3 is 25.5 Å². The first-order valence-corrected chi connectivity index (χ1v) is 6.77. The summed E-state index contributed by atoms with van der Waals surface area (Å²) in [4.78, 5) is 2.15. The Labute approximate surface area is 123 Å². The number of morpholine rings is 1. The van der Waals surface area contributed by atoms with Crippen molar-refractivity contribution in [2.24, 2.45) is 10.9 Å². The highest BCUT2D eigenvalue weighted by Gasteiger charge is 2.22. The van der Waals surface area contributed by atoms with Crippen LogP contribution in [-0.2, 0) is 11.3 Å². The molecule has 7 heteroatoms. The fourth-order valence-electron chi connectivity index (χ4n) is 2.41. The summed E-state index contributed by atoms with van der Waals surface area (Å²) in [5, 5.41) is 21.3. The van der Waals surface area contributed by atoms with Crippen molar-refractivity contribution in [2.75, 3.05) is 33.5 Å². The molecule has 0 radical (unpaired) electrons. The number of amidine groups is 1. The summed E-state index contributed by atoms with van der Waals surface area (Å²) in [6.45, 7) is 2.66. The highest BCUT2D eigenvalue weighted by atomic mass is 16.5. The van der Waals surface area contributed by atoms with Crippen LogP contribution in [0.25, 0.3) is 0 Å². The van der Waals surface area contributed by atoms with Crippen molar-refractivity contribution >= 4 is 5.84 Å². The van der Waals surface area contributed by atoms with Gasteiger partial charge in [-0.1, -0.05) is 11.2 Å². The number of rotatable bonds is 5. The fourth-order valence-corrected chi connectivity index (χ4v) is 2.41. The number of aliphatic hydroxyl groups excluding tert-OH is 1. The van der Waals surface area contributed by atoms with Crippen LogP contribution in [0.2, 0.25) is 0 Å². The Morgan fingerprint density at radius 3 is 3.05 bits per heavy atom. The Kier molecular flexibility index (Phi) is 5.38. The number of hydrogen-bond acceptors (Lipinski definition) is 6. The lowest BCUT2D eigenvalue weighted by molar-refractivity contribution is -0.0312. The Balaban J connectivity index is 2.20. The van der Waals surface area contributed by atoms with Crippen LogP contribution < -0.4 is 10.5 Å². The monoisotopic (exact) mass is 295 g/mol. The molecule has 0 bridgehead atoms. The Morgan fingerprint density at radius 1 is 1.57 bits per heavy atom. The van der Waals surface area contributed by atoms with Crippen LogP contribution in [0.15, 0.2) is 23.4 Å². The number of methoxy groups -OCH3 is 1. The molecule has 1 fully saturated rings. The summed E-state index contributed by atoms with van der Waals surface area (Å²) in [7, 11) is 1.53. The minimum absolute atomic E-state index is 0.00634. The quantitative estimate of drug-likeness (QED) is 0.305. The van der Waals surface area contributed by atoms with E-state index in [-0.39, 0.29) is 18.5 Å². The van der Waals surface area contributed by atoms with Crippen molar-refractivity contribution in [1.82, 2.24) is 4.90 Å². The molecule has 1 atom stereocenters. The van der Waals surface area contributed by atoms with Gasteiger partial charge in [-0.3, -0.25) is 4.90 Å². The van der Waals surface area contributed by atoms with E-state index >= 15 is 0 Å². The topological polar surface area (TPSA) is 101 Å². The van der Waals surface area contributed by atoms with Crippen LogP contribution in [0.3, 0.4) is 0 Å². The van der Waals surface area contributed by atoms with Crippen molar-refractivity contribution in [2.45, 2.75) is 12.6 Å². The van der Waals surface area contributed by atoms with E-state index in [2.05, 4.69) is 10.1 Å². The van der Waals surface area contributed by atoms with E-state index in [1.54, 1.807) is 6.07 Å². The molecule has 7 nitrogen and oxygen atoms in total. The molecule has 1 aliphatic heterocycles. The molecule has 0 aromatic heterocycles. The molecule has 1 aliphatic rings. The summed E-state index contributed by atoms with van der Waals surface area (Å²) in [6, 6.07) is 5.54. The Hall–Kier alpha value is -1.83. The van der Waals surface area contributed by atoms with Gasteiger partial charge in [-0.25, -0.2) is 0 Å². The van der Waals surface area contributed by atoms with E-state index in [0.717, 1.165) is 12.1 Å². The zero-order chi connectivity index (χ0) is 15.2. The minimum atomic E-state index is -0.00634. The van der Waals surface area contributed by atoms with Gasteiger partial charge in [0.05, 0.1) is 38.5 Å². The number of ether oxygens (including phenoxy) is 2. The van der Waals surface area contributed by atoms with E-state index in [1.165, 1.54) is 7.11 Å². The molecule has 1 aromatic carbocycles. The zero-order valence-corrected chi connectivity index (χ0v) is 12.0. The third kappa shape index (κ3) is 3.63. The zero-order valence-electron chi connectivity index (χ0n) is 12.0. The second-order valence-electron chi connectivity index (χ2n) is 4.90. The van der Waals surface area contributed by atoms with Gasteiger partial charge in [-0.15, -0.1) is 0 Å². The third-order valence-electron chi connectivity index (χ3n) is 3.59. The van der Waals surface area contributed by atoms with Crippen molar-refractivity contribution < 1.29 is 19.8 Å². The SMILES string of the molecule is COc1ccc(CN2CCOCC2CO)cc1/C(N)=N/O. The van der Waals surface area contributed by atoms with E-state index in [9.17, 15) is 5.11 Å². The average Bonchev–Trinajstić information content (AvgIpc) is 2.54. The highest BCUT2D eigenvalue weighted by molar-refractivity contribution is 5.99. The van der Waals surface area contributed by atoms with Crippen LogP contribution in [0.5, 0.6) is 5.75 Å². The van der Waals surface area contributed by atoms with Crippen LogP contribution >= 0.6 is 0 Å². The highest BCUT2D eigenvalue weighted by Crippen LogP contribution is 2.21. The molecule has 1 unspecified atom stereocenters. The second kappa shape index (κ2) is 7.26. The number of aliphatic hydroxyl groups is 1. The van der Waals surface area contributed by atoms with E-state index in [0.29, 0.717) is 31.1 Å². The second-order valence-corrected chi connectivity index (χ2v) is 4.90. The summed E-state index contributed by atoms with van der Waals surface area (Å²) in [5.41, 5.74) is 7.22. The maximum absolute atomic E-state index is 9.39. The molecule has 1 saturated heterocycles. The summed E-state index contributed by atoms with van der Waals surface area (Å²) >= 11 is 0. The van der Waals surface area contributed by atoms with Gasteiger partial charge in [-0.2, -0.15) is 0 Å². The van der Waals surface area contributed by atoms with Gasteiger partial charge in [-0.05, 0) is 17.7 Å². The van der Waals surface area contributed by atoms with Gasteiger partial charge in [0.1, 0.15) is 5.75 Å². The van der Waals surface area contributed by atoms with Crippen LogP contribution in [0.1, 0.15) is 11.1 Å². The van der Waals surface area contributed by atoms with Crippen molar-refractivity contribution in [3.63, 3.8) is 0 Å². The summed E-state index contributed by atoms with van der Waals surface area (Å²) in [6.07, 6.45) is 0. The van der Waals surface area contributed by atoms with Gasteiger partial charge in [0.2, 0.25) is 0 Å². The summed E-state index contributed by atoms with van der Waals surface area (Å²) in [5.74, 6) is 0.559.